The molecule has 4 nitrogen and oxygen atoms in total. The molecule has 8 heteroatoms. The number of fused-ring (bicyclic) bond motifs is 3. The number of benzene rings is 2. The number of hydrogen-bond donors (Lipinski definition) is 0. The first-order valence-corrected chi connectivity index (χ1v) is 10.9. The first-order chi connectivity index (χ1) is 15.1. The maximum Gasteiger partial charge on any atom is 0.416 e. The molecule has 0 aliphatic carbocycles. The zero-order chi connectivity index (χ0) is 23.2. The third-order valence-corrected chi connectivity index (χ3v) is 6.79. The number of carbonyl (C=O) groups is 1. The van der Waals surface area contributed by atoms with Gasteiger partial charge in [-0.1, -0.05) is 30.3 Å². The number of alkyl halides is 3. The molecule has 0 unspecified atom stereocenters. The van der Waals surface area contributed by atoms with Gasteiger partial charge in [-0.3, -0.25) is 9.59 Å². The van der Waals surface area contributed by atoms with Crippen LogP contribution in [0.3, 0.4) is 0 Å². The lowest BCUT2D eigenvalue weighted by Gasteiger charge is -2.22. The van der Waals surface area contributed by atoms with Crippen LogP contribution in [-0.4, -0.2) is 29.5 Å². The molecule has 3 aromatic rings. The van der Waals surface area contributed by atoms with Crippen LogP contribution in [0.1, 0.15) is 38.1 Å². The molecule has 1 aromatic heterocycles. The third-order valence-electron chi connectivity index (χ3n) is 5.46. The molecule has 4 rings (SSSR count). The second-order valence-electron chi connectivity index (χ2n) is 7.91. The van der Waals surface area contributed by atoms with Crippen molar-refractivity contribution in [3.05, 3.63) is 92.9 Å². The zero-order valence-electron chi connectivity index (χ0n) is 17.7. The number of nitrogens with zero attached hydrogens (tertiary/aromatic N) is 2. The summed E-state index contributed by atoms with van der Waals surface area (Å²) in [7, 11) is 3.10. The Bertz CT molecular complexity index is 1250. The van der Waals surface area contributed by atoms with Gasteiger partial charge < -0.3 is 9.47 Å². The molecule has 0 radical (unpaired) electrons. The predicted octanol–water partition coefficient (Wildman–Crippen LogP) is 5.26. The molecule has 166 valence electrons. The molecule has 1 aliphatic rings. The minimum atomic E-state index is -4.51. The molecule has 1 atom stereocenters. The number of halogens is 3. The van der Waals surface area contributed by atoms with E-state index in [1.54, 1.807) is 25.6 Å². The van der Waals surface area contributed by atoms with Gasteiger partial charge in [-0.25, -0.2) is 0 Å². The van der Waals surface area contributed by atoms with E-state index in [1.165, 1.54) is 28.8 Å². The minimum absolute atomic E-state index is 0.00704. The Morgan fingerprint density at radius 3 is 2.41 bits per heavy atom. The van der Waals surface area contributed by atoms with Crippen molar-refractivity contribution in [2.24, 2.45) is 0 Å². The van der Waals surface area contributed by atoms with Crippen molar-refractivity contribution < 1.29 is 18.0 Å². The van der Waals surface area contributed by atoms with Gasteiger partial charge >= 0.3 is 6.18 Å². The SMILES string of the molecule is Cc1cc(=O)c(C(=O)N(C)C)c2n1-c1cc(C(F)(F)F)ccc1S[C@@H](c1ccccc1)C2. The summed E-state index contributed by atoms with van der Waals surface area (Å²) in [4.78, 5) is 27.8. The molecular weight excluding hydrogens is 437 g/mol. The second kappa shape index (κ2) is 8.16. The van der Waals surface area contributed by atoms with Crippen LogP contribution in [0.15, 0.2) is 64.3 Å². The summed E-state index contributed by atoms with van der Waals surface area (Å²) < 4.78 is 42.2. The summed E-state index contributed by atoms with van der Waals surface area (Å²) >= 11 is 1.44. The van der Waals surface area contributed by atoms with Crippen molar-refractivity contribution in [1.29, 1.82) is 0 Å². The maximum atomic E-state index is 13.5. The zero-order valence-corrected chi connectivity index (χ0v) is 18.6. The fourth-order valence-corrected chi connectivity index (χ4v) is 5.23. The molecule has 0 saturated heterocycles. The van der Waals surface area contributed by atoms with Crippen LogP contribution in [0.5, 0.6) is 0 Å². The standard InChI is InChI=1S/C24H21F3N2O2S/c1-14-11-19(30)22(23(31)28(2)3)18-13-21(15-7-5-4-6-8-15)32-20-10-9-16(24(25,26)27)12-17(20)29(14)18/h4-12,21H,13H2,1-3H3/t21-/m1/s1. The van der Waals surface area contributed by atoms with Gasteiger partial charge in [-0.2, -0.15) is 13.2 Å². The van der Waals surface area contributed by atoms with E-state index in [0.29, 0.717) is 28.4 Å². The maximum absolute atomic E-state index is 13.5. The molecule has 0 bridgehead atoms. The van der Waals surface area contributed by atoms with Gasteiger partial charge in [0, 0.05) is 48.1 Å². The van der Waals surface area contributed by atoms with Crippen LogP contribution in [0.2, 0.25) is 0 Å². The highest BCUT2D eigenvalue weighted by Crippen LogP contribution is 2.45. The second-order valence-corrected chi connectivity index (χ2v) is 9.15. The van der Waals surface area contributed by atoms with Gasteiger partial charge in [0.2, 0.25) is 0 Å². The summed E-state index contributed by atoms with van der Waals surface area (Å²) in [5, 5.41) is -0.185. The first-order valence-electron chi connectivity index (χ1n) is 9.98. The first kappa shape index (κ1) is 22.2. The van der Waals surface area contributed by atoms with Gasteiger partial charge in [-0.05, 0) is 30.7 Å². The lowest BCUT2D eigenvalue weighted by molar-refractivity contribution is -0.137. The Hall–Kier alpha value is -3.00. The number of pyridine rings is 1. The fourth-order valence-electron chi connectivity index (χ4n) is 3.97. The molecule has 1 aliphatic heterocycles. The normalized spacial score (nSPS) is 15.5. The molecule has 1 amide bonds. The van der Waals surface area contributed by atoms with E-state index in [0.717, 1.165) is 17.7 Å². The van der Waals surface area contributed by atoms with Gasteiger partial charge in [0.25, 0.3) is 5.91 Å². The fraction of sp³-hybridized carbons (Fsp3) is 0.250. The van der Waals surface area contributed by atoms with Crippen LogP contribution in [0, 0.1) is 6.92 Å². The van der Waals surface area contributed by atoms with Crippen molar-refractivity contribution in [2.75, 3.05) is 14.1 Å². The predicted molar refractivity (Wildman–Crippen MR) is 119 cm³/mol. The largest absolute Gasteiger partial charge is 0.416 e. The van der Waals surface area contributed by atoms with E-state index in [-0.39, 0.29) is 10.8 Å². The number of aromatic nitrogens is 1. The Morgan fingerprint density at radius 2 is 1.78 bits per heavy atom. The van der Waals surface area contributed by atoms with E-state index in [2.05, 4.69) is 0 Å². The Labute approximate surface area is 187 Å². The van der Waals surface area contributed by atoms with Crippen LogP contribution in [-0.2, 0) is 12.6 Å². The molecule has 0 spiro atoms. The molecule has 0 saturated carbocycles. The summed E-state index contributed by atoms with van der Waals surface area (Å²) in [5.41, 5.74) is 0.979. The van der Waals surface area contributed by atoms with Crippen LogP contribution in [0.4, 0.5) is 13.2 Å². The quantitative estimate of drug-likeness (QED) is 0.526. The Kier molecular flexibility index (Phi) is 5.67. The smallest absolute Gasteiger partial charge is 0.345 e. The van der Waals surface area contributed by atoms with Gasteiger partial charge in [-0.15, -0.1) is 11.8 Å². The summed E-state index contributed by atoms with van der Waals surface area (Å²) in [6, 6.07) is 14.5. The number of aryl methyl sites for hydroxylation is 1. The van der Waals surface area contributed by atoms with Gasteiger partial charge in [0.1, 0.15) is 5.56 Å². The number of hydrogen-bond acceptors (Lipinski definition) is 3. The molecule has 2 aromatic carbocycles. The van der Waals surface area contributed by atoms with Crippen molar-refractivity contribution >= 4 is 17.7 Å². The molecular formula is C24H21F3N2O2S. The van der Waals surface area contributed by atoms with E-state index < -0.39 is 23.1 Å². The van der Waals surface area contributed by atoms with Gasteiger partial charge in [0.05, 0.1) is 11.3 Å². The monoisotopic (exact) mass is 458 g/mol. The summed E-state index contributed by atoms with van der Waals surface area (Å²) in [6.45, 7) is 1.67. The third kappa shape index (κ3) is 3.95. The molecule has 0 N–H and O–H groups in total. The van der Waals surface area contributed by atoms with Crippen molar-refractivity contribution in [3.8, 4) is 5.69 Å². The number of rotatable bonds is 2. The van der Waals surface area contributed by atoms with Crippen LogP contribution in [0.25, 0.3) is 5.69 Å². The lowest BCUT2D eigenvalue weighted by atomic mass is 10.0. The van der Waals surface area contributed by atoms with Crippen LogP contribution < -0.4 is 5.43 Å². The Morgan fingerprint density at radius 1 is 1.09 bits per heavy atom. The number of amides is 1. The number of thioether (sulfide) groups is 1. The molecule has 0 fully saturated rings. The number of carbonyl (C=O) groups excluding carboxylic acids is 1. The Balaban J connectivity index is 2.06. The summed E-state index contributed by atoms with van der Waals surface area (Å²) in [6.07, 6.45) is -4.20. The van der Waals surface area contributed by atoms with Crippen molar-refractivity contribution in [2.45, 2.75) is 29.7 Å². The average Bonchev–Trinajstić information content (AvgIpc) is 2.90. The van der Waals surface area contributed by atoms with E-state index in [4.69, 9.17) is 0 Å². The average molecular weight is 459 g/mol. The molecule has 2 heterocycles. The lowest BCUT2D eigenvalue weighted by Crippen LogP contribution is -2.32. The minimum Gasteiger partial charge on any atom is -0.345 e. The highest BCUT2D eigenvalue weighted by Gasteiger charge is 2.34. The van der Waals surface area contributed by atoms with E-state index >= 15 is 0 Å². The summed E-state index contributed by atoms with van der Waals surface area (Å²) in [5.74, 6) is -0.467. The van der Waals surface area contributed by atoms with E-state index in [1.807, 2.05) is 30.3 Å². The molecule has 32 heavy (non-hydrogen) atoms. The highest BCUT2D eigenvalue weighted by atomic mass is 32.2. The highest BCUT2D eigenvalue weighted by molar-refractivity contribution is 7.99. The topological polar surface area (TPSA) is 42.3 Å². The van der Waals surface area contributed by atoms with Crippen molar-refractivity contribution in [3.63, 3.8) is 0 Å². The van der Waals surface area contributed by atoms with E-state index in [9.17, 15) is 22.8 Å². The van der Waals surface area contributed by atoms with Crippen LogP contribution >= 0.6 is 11.8 Å². The van der Waals surface area contributed by atoms with Gasteiger partial charge in [0.15, 0.2) is 5.43 Å². The van der Waals surface area contributed by atoms with Crippen molar-refractivity contribution in [1.82, 2.24) is 9.47 Å².